The van der Waals surface area contributed by atoms with Crippen LogP contribution in [0.15, 0.2) is 11.6 Å². The number of carbonyl (C=O) groups is 2. The summed E-state index contributed by atoms with van der Waals surface area (Å²) in [5.74, 6) is -3.58. The van der Waals surface area contributed by atoms with Crippen molar-refractivity contribution in [3.63, 3.8) is 0 Å². The molecule has 0 spiro atoms. The van der Waals surface area contributed by atoms with Crippen molar-refractivity contribution < 1.29 is 33.0 Å². The zero-order valence-electron chi connectivity index (χ0n) is 7.47. The van der Waals surface area contributed by atoms with Gasteiger partial charge < -0.3 is 19.8 Å². The molecule has 0 bridgehead atoms. The van der Waals surface area contributed by atoms with Crippen molar-refractivity contribution in [1.29, 1.82) is 0 Å². The molecule has 0 heterocycles. The Morgan fingerprint density at radius 1 is 1.20 bits per heavy atom. The Morgan fingerprint density at radius 3 is 2.07 bits per heavy atom. The van der Waals surface area contributed by atoms with E-state index in [-0.39, 0.29) is 6.08 Å². The number of aliphatic carboxylic acids is 2. The van der Waals surface area contributed by atoms with Gasteiger partial charge in [0.2, 0.25) is 0 Å². The van der Waals surface area contributed by atoms with E-state index in [1.54, 1.807) is 0 Å². The molecule has 0 fully saturated rings. The van der Waals surface area contributed by atoms with Crippen molar-refractivity contribution in [3.05, 3.63) is 11.6 Å². The number of carbonyl (C=O) groups excluding carboxylic acids is 2. The van der Waals surface area contributed by atoms with Gasteiger partial charge >= 0.3 is 6.18 Å². The molecule has 0 radical (unpaired) electrons. The van der Waals surface area contributed by atoms with Gasteiger partial charge in [-0.3, -0.25) is 0 Å². The Labute approximate surface area is 83.0 Å². The van der Waals surface area contributed by atoms with Crippen LogP contribution < -0.4 is 10.2 Å². The molecule has 0 aromatic heterocycles. The molecule has 0 aliphatic heterocycles. The molecule has 0 N–H and O–H groups in total. The molecule has 0 amide bonds. The van der Waals surface area contributed by atoms with Crippen LogP contribution in [0.4, 0.5) is 13.2 Å². The topological polar surface area (TPSA) is 80.3 Å². The van der Waals surface area contributed by atoms with Crippen LogP contribution in [-0.2, 0) is 9.59 Å². The maximum atomic E-state index is 11.7. The van der Waals surface area contributed by atoms with E-state index in [1.165, 1.54) is 0 Å². The van der Waals surface area contributed by atoms with E-state index in [1.807, 2.05) is 0 Å². The molecular weight excluding hydrogens is 217 g/mol. The highest BCUT2D eigenvalue weighted by atomic mass is 19.4. The summed E-state index contributed by atoms with van der Waals surface area (Å²) in [6.07, 6.45) is -6.36. The SMILES string of the molecule is O=C([O-])/C=C(\CCCC(F)(F)F)C(=O)[O-]. The van der Waals surface area contributed by atoms with Crippen molar-refractivity contribution in [2.24, 2.45) is 0 Å². The van der Waals surface area contributed by atoms with Crippen molar-refractivity contribution in [3.8, 4) is 0 Å². The Kier molecular flexibility index (Phi) is 4.83. The van der Waals surface area contributed by atoms with Crippen LogP contribution in [0.3, 0.4) is 0 Å². The van der Waals surface area contributed by atoms with Gasteiger partial charge in [-0.05, 0) is 24.5 Å². The summed E-state index contributed by atoms with van der Waals surface area (Å²) in [5, 5.41) is 20.2. The third kappa shape index (κ3) is 7.53. The van der Waals surface area contributed by atoms with E-state index >= 15 is 0 Å². The van der Waals surface area contributed by atoms with Crippen LogP contribution >= 0.6 is 0 Å². The van der Waals surface area contributed by atoms with Gasteiger partial charge in [-0.15, -0.1) is 0 Å². The molecule has 0 rings (SSSR count). The van der Waals surface area contributed by atoms with Gasteiger partial charge in [-0.2, -0.15) is 13.2 Å². The van der Waals surface area contributed by atoms with Crippen LogP contribution in [0, 0.1) is 0 Å². The Balaban J connectivity index is 4.22. The molecule has 7 heteroatoms. The molecular formula is C8H7F3O4-2. The molecule has 0 saturated carbocycles. The van der Waals surface area contributed by atoms with Gasteiger partial charge in [-0.1, -0.05) is 0 Å². The minimum Gasteiger partial charge on any atom is -0.545 e. The van der Waals surface area contributed by atoms with Gasteiger partial charge in [0, 0.05) is 6.42 Å². The molecule has 0 aromatic carbocycles. The smallest absolute Gasteiger partial charge is 0.389 e. The largest absolute Gasteiger partial charge is 0.545 e. The number of halogens is 3. The van der Waals surface area contributed by atoms with E-state index in [0.29, 0.717) is 0 Å². The normalized spacial score (nSPS) is 12.6. The number of carboxylic acids is 2. The minimum absolute atomic E-state index is 0.228. The third-order valence-corrected chi connectivity index (χ3v) is 1.46. The second kappa shape index (κ2) is 5.38. The molecule has 0 aliphatic carbocycles. The zero-order chi connectivity index (χ0) is 12.1. The standard InChI is InChI=1S/C8H9F3O4/c9-8(10,11)3-1-2-5(7(14)15)4-6(12)13/h4H,1-3H2,(H,12,13)(H,14,15)/p-2/b5-4+. The molecule has 0 saturated heterocycles. The molecule has 4 nitrogen and oxygen atoms in total. The van der Waals surface area contributed by atoms with E-state index in [0.717, 1.165) is 0 Å². The van der Waals surface area contributed by atoms with Crippen molar-refractivity contribution in [2.75, 3.05) is 0 Å². The van der Waals surface area contributed by atoms with Crippen LogP contribution in [0.1, 0.15) is 19.3 Å². The van der Waals surface area contributed by atoms with Crippen LogP contribution in [0.2, 0.25) is 0 Å². The first-order chi connectivity index (χ1) is 6.72. The molecule has 15 heavy (non-hydrogen) atoms. The van der Waals surface area contributed by atoms with Crippen LogP contribution in [-0.4, -0.2) is 18.1 Å². The first kappa shape index (κ1) is 13.5. The van der Waals surface area contributed by atoms with Crippen LogP contribution in [0.25, 0.3) is 0 Å². The second-order valence-corrected chi connectivity index (χ2v) is 2.74. The monoisotopic (exact) mass is 224 g/mol. The lowest BCUT2D eigenvalue weighted by atomic mass is 10.1. The Morgan fingerprint density at radius 2 is 1.73 bits per heavy atom. The molecule has 0 atom stereocenters. The van der Waals surface area contributed by atoms with E-state index in [2.05, 4.69) is 0 Å². The third-order valence-electron chi connectivity index (χ3n) is 1.46. The molecule has 86 valence electrons. The summed E-state index contributed by atoms with van der Waals surface area (Å²) in [7, 11) is 0. The van der Waals surface area contributed by atoms with E-state index in [9.17, 15) is 33.0 Å². The van der Waals surface area contributed by atoms with Crippen molar-refractivity contribution in [2.45, 2.75) is 25.4 Å². The first-order valence-corrected chi connectivity index (χ1v) is 3.92. The van der Waals surface area contributed by atoms with Gasteiger partial charge in [0.1, 0.15) is 0 Å². The fourth-order valence-electron chi connectivity index (χ4n) is 0.855. The summed E-state index contributed by atoms with van der Waals surface area (Å²) in [6.45, 7) is 0. The quantitative estimate of drug-likeness (QED) is 0.569. The number of hydrogen-bond donors (Lipinski definition) is 0. The lowest BCUT2D eigenvalue weighted by Gasteiger charge is -2.10. The maximum absolute atomic E-state index is 11.7. The van der Waals surface area contributed by atoms with Gasteiger partial charge in [-0.25, -0.2) is 0 Å². The van der Waals surface area contributed by atoms with E-state index in [4.69, 9.17) is 0 Å². The highest BCUT2D eigenvalue weighted by molar-refractivity contribution is 5.92. The highest BCUT2D eigenvalue weighted by Gasteiger charge is 2.26. The minimum atomic E-state index is -4.39. The number of carboxylic acid groups (broad SMARTS) is 2. The average Bonchev–Trinajstić information content (AvgIpc) is 1.99. The van der Waals surface area contributed by atoms with Crippen LogP contribution in [0.5, 0.6) is 0 Å². The number of rotatable bonds is 5. The summed E-state index contributed by atoms with van der Waals surface area (Å²) in [4.78, 5) is 20.2. The predicted molar refractivity (Wildman–Crippen MR) is 38.0 cm³/mol. The summed E-state index contributed by atoms with van der Waals surface area (Å²) < 4.78 is 35.0. The van der Waals surface area contributed by atoms with Gasteiger partial charge in [0.05, 0.1) is 11.9 Å². The van der Waals surface area contributed by atoms with Crippen molar-refractivity contribution in [1.82, 2.24) is 0 Å². The Bertz CT molecular complexity index is 280. The van der Waals surface area contributed by atoms with Gasteiger partial charge in [0.15, 0.2) is 0 Å². The number of hydrogen-bond acceptors (Lipinski definition) is 4. The zero-order valence-corrected chi connectivity index (χ0v) is 7.47. The molecule has 0 aromatic rings. The fraction of sp³-hybridized carbons (Fsp3) is 0.500. The Hall–Kier alpha value is -1.53. The van der Waals surface area contributed by atoms with Gasteiger partial charge in [0.25, 0.3) is 0 Å². The molecule has 0 unspecified atom stereocenters. The van der Waals surface area contributed by atoms with E-state index < -0.39 is 43.0 Å². The van der Waals surface area contributed by atoms with Crippen molar-refractivity contribution >= 4 is 11.9 Å². The fourth-order valence-corrected chi connectivity index (χ4v) is 0.855. The maximum Gasteiger partial charge on any atom is 0.389 e. The summed E-state index contributed by atoms with van der Waals surface area (Å²) >= 11 is 0. The average molecular weight is 224 g/mol. The second-order valence-electron chi connectivity index (χ2n) is 2.74. The number of alkyl halides is 3. The summed E-state index contributed by atoms with van der Waals surface area (Å²) in [5.41, 5.74) is -0.709. The predicted octanol–water partition coefficient (Wildman–Crippen LogP) is -0.855. The first-order valence-electron chi connectivity index (χ1n) is 3.92. The summed E-state index contributed by atoms with van der Waals surface area (Å²) in [6, 6.07) is 0. The molecule has 0 aliphatic rings. The lowest BCUT2D eigenvalue weighted by molar-refractivity contribution is -0.303. The highest BCUT2D eigenvalue weighted by Crippen LogP contribution is 2.23. The lowest BCUT2D eigenvalue weighted by Crippen LogP contribution is -2.28.